The summed E-state index contributed by atoms with van der Waals surface area (Å²) in [6, 6.07) is 5.60. The number of amides is 1. The smallest absolute Gasteiger partial charge is 0.251 e. The van der Waals surface area contributed by atoms with Crippen LogP contribution in [0.1, 0.15) is 15.9 Å². The van der Waals surface area contributed by atoms with E-state index in [1.54, 1.807) is 24.1 Å². The molecule has 0 aliphatic heterocycles. The summed E-state index contributed by atoms with van der Waals surface area (Å²) in [7, 11) is 1.65. The van der Waals surface area contributed by atoms with E-state index in [1.807, 2.05) is 12.1 Å². The number of methoxy groups -OCH3 is 1. The summed E-state index contributed by atoms with van der Waals surface area (Å²) >= 11 is 6.26. The normalized spacial score (nSPS) is 10.8. The molecule has 0 radical (unpaired) electrons. The average Bonchev–Trinajstić information content (AvgIpc) is 2.93. The lowest BCUT2D eigenvalue weighted by atomic mass is 10.1. The van der Waals surface area contributed by atoms with Gasteiger partial charge in [-0.3, -0.25) is 4.79 Å². The van der Waals surface area contributed by atoms with Crippen LogP contribution in [-0.4, -0.2) is 35.9 Å². The third-order valence-corrected chi connectivity index (χ3v) is 3.27. The molecule has 0 bridgehead atoms. The number of primary amides is 1. The molecule has 0 spiro atoms. The van der Waals surface area contributed by atoms with Gasteiger partial charge in [-0.25, -0.2) is 4.68 Å². The van der Waals surface area contributed by atoms with Crippen LogP contribution in [0.25, 0.3) is 5.69 Å². The number of aromatic nitrogens is 2. The van der Waals surface area contributed by atoms with Gasteiger partial charge in [-0.05, 0) is 11.6 Å². The fourth-order valence-electron chi connectivity index (χ4n) is 1.93. The molecule has 0 saturated heterocycles. The second kappa shape index (κ2) is 7.21. The van der Waals surface area contributed by atoms with Gasteiger partial charge in [0.1, 0.15) is 0 Å². The van der Waals surface area contributed by atoms with E-state index >= 15 is 0 Å². The molecule has 0 unspecified atom stereocenters. The zero-order valence-electron chi connectivity index (χ0n) is 11.7. The number of carbonyl (C=O) groups excluding carboxylic acids is 1. The van der Waals surface area contributed by atoms with Crippen molar-refractivity contribution in [3.8, 4) is 5.69 Å². The number of hydrogen-bond acceptors (Lipinski definition) is 4. The van der Waals surface area contributed by atoms with Crippen LogP contribution in [0.3, 0.4) is 0 Å². The van der Waals surface area contributed by atoms with E-state index < -0.39 is 5.91 Å². The Kier molecular flexibility index (Phi) is 5.32. The van der Waals surface area contributed by atoms with Gasteiger partial charge in [-0.2, -0.15) is 5.10 Å². The van der Waals surface area contributed by atoms with Crippen molar-refractivity contribution in [2.24, 2.45) is 5.73 Å². The number of rotatable bonds is 7. The molecule has 2 aromatic rings. The van der Waals surface area contributed by atoms with Crippen molar-refractivity contribution in [1.82, 2.24) is 15.1 Å². The second-order valence-corrected chi connectivity index (χ2v) is 4.86. The number of ether oxygens (including phenoxy) is 1. The maximum Gasteiger partial charge on any atom is 0.251 e. The highest BCUT2D eigenvalue weighted by Crippen LogP contribution is 2.24. The molecule has 0 saturated carbocycles. The van der Waals surface area contributed by atoms with E-state index in [4.69, 9.17) is 22.1 Å². The highest BCUT2D eigenvalue weighted by atomic mass is 35.5. The van der Waals surface area contributed by atoms with Crippen LogP contribution in [0.2, 0.25) is 5.02 Å². The van der Waals surface area contributed by atoms with Crippen molar-refractivity contribution in [2.45, 2.75) is 6.54 Å². The fraction of sp³-hybridized carbons (Fsp3) is 0.286. The number of hydrogen-bond donors (Lipinski definition) is 2. The molecule has 0 atom stereocenters. The minimum absolute atomic E-state index is 0.341. The minimum atomic E-state index is -0.520. The van der Waals surface area contributed by atoms with E-state index in [0.29, 0.717) is 23.7 Å². The Labute approximate surface area is 127 Å². The molecule has 7 heteroatoms. The first kappa shape index (κ1) is 15.5. The van der Waals surface area contributed by atoms with Gasteiger partial charge in [0.15, 0.2) is 0 Å². The maximum atomic E-state index is 11.2. The lowest BCUT2D eigenvalue weighted by Gasteiger charge is -2.12. The zero-order chi connectivity index (χ0) is 15.2. The van der Waals surface area contributed by atoms with Crippen molar-refractivity contribution in [2.75, 3.05) is 20.3 Å². The topological polar surface area (TPSA) is 82.2 Å². The van der Waals surface area contributed by atoms with Crippen LogP contribution < -0.4 is 11.1 Å². The highest BCUT2D eigenvalue weighted by Gasteiger charge is 2.12. The molecule has 0 fully saturated rings. The van der Waals surface area contributed by atoms with E-state index in [0.717, 1.165) is 17.8 Å². The predicted octanol–water partition coefficient (Wildman–Crippen LogP) is 1.36. The number of nitrogens with one attached hydrogen (secondary N) is 1. The molecule has 112 valence electrons. The van der Waals surface area contributed by atoms with Crippen molar-refractivity contribution >= 4 is 17.5 Å². The summed E-state index contributed by atoms with van der Waals surface area (Å²) in [5, 5.41) is 7.96. The Balaban J connectivity index is 2.26. The fourth-order valence-corrected chi connectivity index (χ4v) is 2.21. The van der Waals surface area contributed by atoms with E-state index in [1.165, 1.54) is 6.20 Å². The van der Waals surface area contributed by atoms with Crippen LogP contribution in [0.4, 0.5) is 0 Å². The van der Waals surface area contributed by atoms with E-state index in [9.17, 15) is 4.79 Å². The molecule has 1 aromatic carbocycles. The molecule has 1 heterocycles. The van der Waals surface area contributed by atoms with Crippen LogP contribution >= 0.6 is 11.6 Å². The lowest BCUT2D eigenvalue weighted by molar-refractivity contribution is 0.100. The Morgan fingerprint density at radius 1 is 1.52 bits per heavy atom. The number of nitrogens with two attached hydrogens (primary N) is 1. The first-order valence-electron chi connectivity index (χ1n) is 6.45. The molecular formula is C14H17ClN4O2. The maximum absolute atomic E-state index is 11.2. The largest absolute Gasteiger partial charge is 0.383 e. The highest BCUT2D eigenvalue weighted by molar-refractivity contribution is 6.32. The van der Waals surface area contributed by atoms with Gasteiger partial charge < -0.3 is 15.8 Å². The third-order valence-electron chi connectivity index (χ3n) is 2.96. The van der Waals surface area contributed by atoms with Crippen molar-refractivity contribution in [1.29, 1.82) is 0 Å². The van der Waals surface area contributed by atoms with Gasteiger partial charge in [-0.1, -0.05) is 23.7 Å². The number of halogens is 1. The van der Waals surface area contributed by atoms with Gasteiger partial charge in [0.25, 0.3) is 5.91 Å². The van der Waals surface area contributed by atoms with Crippen LogP contribution in [0.15, 0.2) is 30.6 Å². The third kappa shape index (κ3) is 3.81. The summed E-state index contributed by atoms with van der Waals surface area (Å²) in [6.07, 6.45) is 3.00. The summed E-state index contributed by atoms with van der Waals surface area (Å²) < 4.78 is 6.56. The molecular weight excluding hydrogens is 292 g/mol. The zero-order valence-corrected chi connectivity index (χ0v) is 12.4. The quantitative estimate of drug-likeness (QED) is 0.757. The molecule has 2 rings (SSSR count). The molecule has 1 amide bonds. The van der Waals surface area contributed by atoms with Crippen molar-refractivity contribution in [3.05, 3.63) is 46.7 Å². The van der Waals surface area contributed by atoms with Gasteiger partial charge in [-0.15, -0.1) is 0 Å². The Morgan fingerprint density at radius 2 is 2.33 bits per heavy atom. The number of carbonyl (C=O) groups is 1. The summed E-state index contributed by atoms with van der Waals surface area (Å²) in [4.78, 5) is 11.2. The minimum Gasteiger partial charge on any atom is -0.383 e. The molecule has 0 aliphatic rings. The van der Waals surface area contributed by atoms with Crippen molar-refractivity contribution < 1.29 is 9.53 Å². The molecule has 6 nitrogen and oxygen atoms in total. The monoisotopic (exact) mass is 308 g/mol. The molecule has 0 aliphatic carbocycles. The van der Waals surface area contributed by atoms with E-state index in [-0.39, 0.29) is 0 Å². The Bertz CT molecular complexity index is 627. The number of nitrogens with zero attached hydrogens (tertiary/aromatic N) is 2. The van der Waals surface area contributed by atoms with Gasteiger partial charge in [0.2, 0.25) is 0 Å². The van der Waals surface area contributed by atoms with Crippen molar-refractivity contribution in [3.63, 3.8) is 0 Å². The lowest BCUT2D eigenvalue weighted by Crippen LogP contribution is -2.19. The SMILES string of the molecule is COCCNCc1cccc(Cl)c1-n1cc(C(N)=O)cn1. The first-order chi connectivity index (χ1) is 10.1. The summed E-state index contributed by atoms with van der Waals surface area (Å²) in [5.74, 6) is -0.520. The van der Waals surface area contributed by atoms with Crippen LogP contribution in [-0.2, 0) is 11.3 Å². The number of benzene rings is 1. The predicted molar refractivity (Wildman–Crippen MR) is 80.7 cm³/mol. The van der Waals surface area contributed by atoms with Gasteiger partial charge >= 0.3 is 0 Å². The molecule has 3 N–H and O–H groups in total. The Hall–Kier alpha value is -1.89. The summed E-state index contributed by atoms with van der Waals surface area (Å²) in [6.45, 7) is 1.97. The Morgan fingerprint density at radius 3 is 3.00 bits per heavy atom. The standard InChI is InChI=1S/C14H17ClN4O2/c1-21-6-5-17-7-10-3-2-4-12(15)13(10)19-9-11(8-18-19)14(16)20/h2-4,8-9,17H,5-7H2,1H3,(H2,16,20). The molecule has 1 aromatic heterocycles. The van der Waals surface area contributed by atoms with Crippen LogP contribution in [0.5, 0.6) is 0 Å². The number of para-hydroxylation sites is 1. The summed E-state index contributed by atoms with van der Waals surface area (Å²) in [5.41, 5.74) is 7.29. The molecule has 21 heavy (non-hydrogen) atoms. The average molecular weight is 309 g/mol. The van der Waals surface area contributed by atoms with E-state index in [2.05, 4.69) is 10.4 Å². The van der Waals surface area contributed by atoms with Gasteiger partial charge in [0.05, 0.1) is 29.1 Å². The second-order valence-electron chi connectivity index (χ2n) is 4.45. The van der Waals surface area contributed by atoms with Crippen LogP contribution in [0, 0.1) is 0 Å². The van der Waals surface area contributed by atoms with Gasteiger partial charge in [0, 0.05) is 26.4 Å². The first-order valence-corrected chi connectivity index (χ1v) is 6.83.